The van der Waals surface area contributed by atoms with E-state index in [0.29, 0.717) is 13.1 Å². The molecule has 1 heterocycles. The Kier molecular flexibility index (Phi) is 3.95. The molecule has 4 nitrogen and oxygen atoms in total. The van der Waals surface area contributed by atoms with Crippen LogP contribution in [0.3, 0.4) is 0 Å². The van der Waals surface area contributed by atoms with Gasteiger partial charge >= 0.3 is 0 Å². The van der Waals surface area contributed by atoms with Gasteiger partial charge in [-0.1, -0.05) is 43.2 Å². The van der Waals surface area contributed by atoms with E-state index in [1.807, 2.05) is 18.2 Å². The number of hydrogen-bond acceptors (Lipinski definition) is 2. The molecule has 1 N–H and O–H groups in total. The molecule has 1 saturated heterocycles. The van der Waals surface area contributed by atoms with Gasteiger partial charge in [-0.25, -0.2) is 0 Å². The average molecular weight is 286 g/mol. The number of amides is 2. The SMILES string of the molecule is O=C1CN(C(=O)C2(c3ccccc3)CCCC2)CCCN1. The predicted molar refractivity (Wildman–Crippen MR) is 80.8 cm³/mol. The first-order chi connectivity index (χ1) is 10.2. The highest BCUT2D eigenvalue weighted by molar-refractivity contribution is 5.92. The van der Waals surface area contributed by atoms with Crippen molar-refractivity contribution in [2.24, 2.45) is 0 Å². The molecule has 1 aromatic carbocycles. The fourth-order valence-corrected chi connectivity index (χ4v) is 3.64. The Morgan fingerprint density at radius 3 is 2.52 bits per heavy atom. The van der Waals surface area contributed by atoms with E-state index in [1.165, 1.54) is 0 Å². The highest BCUT2D eigenvalue weighted by Crippen LogP contribution is 2.42. The molecule has 1 saturated carbocycles. The van der Waals surface area contributed by atoms with E-state index in [9.17, 15) is 9.59 Å². The Morgan fingerprint density at radius 1 is 1.10 bits per heavy atom. The molecule has 2 aliphatic rings. The van der Waals surface area contributed by atoms with Gasteiger partial charge in [0.15, 0.2) is 0 Å². The van der Waals surface area contributed by atoms with Gasteiger partial charge in [0.1, 0.15) is 0 Å². The van der Waals surface area contributed by atoms with Crippen LogP contribution >= 0.6 is 0 Å². The third-order valence-corrected chi connectivity index (χ3v) is 4.74. The number of benzene rings is 1. The van der Waals surface area contributed by atoms with Gasteiger partial charge in [-0.15, -0.1) is 0 Å². The highest BCUT2D eigenvalue weighted by atomic mass is 16.2. The molecule has 2 fully saturated rings. The van der Waals surface area contributed by atoms with Crippen LogP contribution in [-0.4, -0.2) is 36.3 Å². The van der Waals surface area contributed by atoms with E-state index >= 15 is 0 Å². The summed E-state index contributed by atoms with van der Waals surface area (Å²) in [4.78, 5) is 26.7. The van der Waals surface area contributed by atoms with Gasteiger partial charge in [0.05, 0.1) is 12.0 Å². The van der Waals surface area contributed by atoms with Crippen LogP contribution in [0.25, 0.3) is 0 Å². The first kappa shape index (κ1) is 14.1. The number of nitrogens with one attached hydrogen (secondary N) is 1. The Bertz CT molecular complexity index is 521. The van der Waals surface area contributed by atoms with Gasteiger partial charge < -0.3 is 10.2 Å². The lowest BCUT2D eigenvalue weighted by Gasteiger charge is -2.34. The second-order valence-electron chi connectivity index (χ2n) is 6.09. The summed E-state index contributed by atoms with van der Waals surface area (Å²) in [5, 5.41) is 2.84. The third kappa shape index (κ3) is 2.67. The van der Waals surface area contributed by atoms with Crippen LogP contribution in [0.1, 0.15) is 37.7 Å². The largest absolute Gasteiger partial charge is 0.354 e. The second kappa shape index (κ2) is 5.88. The van der Waals surface area contributed by atoms with Crippen LogP contribution in [0.5, 0.6) is 0 Å². The summed E-state index contributed by atoms with van der Waals surface area (Å²) in [5.74, 6) is 0.102. The summed E-state index contributed by atoms with van der Waals surface area (Å²) >= 11 is 0. The number of carbonyl (C=O) groups excluding carboxylic acids is 2. The fraction of sp³-hybridized carbons (Fsp3) is 0.529. The van der Waals surface area contributed by atoms with Crippen LogP contribution in [0.4, 0.5) is 0 Å². The van der Waals surface area contributed by atoms with Crippen molar-refractivity contribution in [2.45, 2.75) is 37.5 Å². The van der Waals surface area contributed by atoms with Crippen LogP contribution < -0.4 is 5.32 Å². The highest BCUT2D eigenvalue weighted by Gasteiger charge is 2.45. The lowest BCUT2D eigenvalue weighted by atomic mass is 9.77. The average Bonchev–Trinajstić information content (AvgIpc) is 2.92. The van der Waals surface area contributed by atoms with Crippen molar-refractivity contribution in [3.63, 3.8) is 0 Å². The van der Waals surface area contributed by atoms with Crippen molar-refractivity contribution >= 4 is 11.8 Å². The minimum atomic E-state index is -0.411. The Morgan fingerprint density at radius 2 is 1.81 bits per heavy atom. The van der Waals surface area contributed by atoms with Crippen molar-refractivity contribution in [2.75, 3.05) is 19.6 Å². The Balaban J connectivity index is 1.90. The maximum atomic E-state index is 13.2. The summed E-state index contributed by atoms with van der Waals surface area (Å²) in [6, 6.07) is 10.1. The maximum Gasteiger partial charge on any atom is 0.239 e. The lowest BCUT2D eigenvalue weighted by molar-refractivity contribution is -0.140. The molecule has 0 aromatic heterocycles. The molecule has 1 aliphatic heterocycles. The summed E-state index contributed by atoms with van der Waals surface area (Å²) in [6.07, 6.45) is 4.80. The van der Waals surface area contributed by atoms with Crippen molar-refractivity contribution in [3.05, 3.63) is 35.9 Å². The molecular weight excluding hydrogens is 264 g/mol. The van der Waals surface area contributed by atoms with Crippen LogP contribution in [0.2, 0.25) is 0 Å². The van der Waals surface area contributed by atoms with Crippen LogP contribution in [0.15, 0.2) is 30.3 Å². The lowest BCUT2D eigenvalue weighted by Crippen LogP contribution is -2.47. The van der Waals surface area contributed by atoms with Crippen molar-refractivity contribution < 1.29 is 9.59 Å². The molecule has 2 amide bonds. The van der Waals surface area contributed by atoms with E-state index < -0.39 is 5.41 Å². The number of hydrogen-bond donors (Lipinski definition) is 1. The molecule has 3 rings (SSSR count). The summed E-state index contributed by atoms with van der Waals surface area (Å²) < 4.78 is 0. The monoisotopic (exact) mass is 286 g/mol. The fourth-order valence-electron chi connectivity index (χ4n) is 3.64. The van der Waals surface area contributed by atoms with E-state index in [2.05, 4.69) is 17.4 Å². The standard InChI is InChI=1S/C17H22N2O2/c20-15-13-19(12-6-11-18-15)16(21)17(9-4-5-10-17)14-7-2-1-3-8-14/h1-3,7-8H,4-6,9-13H2,(H,18,20). The normalized spacial score (nSPS) is 21.7. The van der Waals surface area contributed by atoms with Crippen molar-refractivity contribution in [3.8, 4) is 0 Å². The van der Waals surface area contributed by atoms with E-state index in [1.54, 1.807) is 4.90 Å². The Labute approximate surface area is 125 Å². The zero-order valence-corrected chi connectivity index (χ0v) is 12.3. The molecule has 1 aliphatic carbocycles. The second-order valence-corrected chi connectivity index (χ2v) is 6.09. The zero-order valence-electron chi connectivity index (χ0n) is 12.3. The van der Waals surface area contributed by atoms with E-state index in [-0.39, 0.29) is 18.4 Å². The molecular formula is C17H22N2O2. The summed E-state index contributed by atoms with van der Waals surface area (Å²) in [7, 11) is 0. The summed E-state index contributed by atoms with van der Waals surface area (Å²) in [6.45, 7) is 1.54. The first-order valence-corrected chi connectivity index (χ1v) is 7.84. The minimum Gasteiger partial charge on any atom is -0.354 e. The van der Waals surface area contributed by atoms with Crippen molar-refractivity contribution in [1.29, 1.82) is 0 Å². The molecule has 21 heavy (non-hydrogen) atoms. The molecule has 0 spiro atoms. The quantitative estimate of drug-likeness (QED) is 0.902. The van der Waals surface area contributed by atoms with E-state index in [4.69, 9.17) is 0 Å². The van der Waals surface area contributed by atoms with Gasteiger partial charge in [0, 0.05) is 13.1 Å². The van der Waals surface area contributed by atoms with Crippen LogP contribution in [-0.2, 0) is 15.0 Å². The van der Waals surface area contributed by atoms with Gasteiger partial charge in [-0.2, -0.15) is 0 Å². The molecule has 0 radical (unpaired) electrons. The predicted octanol–water partition coefficient (Wildman–Crippen LogP) is 1.85. The van der Waals surface area contributed by atoms with Crippen LogP contribution in [0, 0.1) is 0 Å². The maximum absolute atomic E-state index is 13.2. The smallest absolute Gasteiger partial charge is 0.239 e. The number of rotatable bonds is 2. The van der Waals surface area contributed by atoms with Crippen molar-refractivity contribution in [1.82, 2.24) is 10.2 Å². The molecule has 112 valence electrons. The Hall–Kier alpha value is -1.84. The van der Waals surface area contributed by atoms with Gasteiger partial charge in [-0.05, 0) is 24.8 Å². The number of nitrogens with zero attached hydrogens (tertiary/aromatic N) is 1. The minimum absolute atomic E-state index is 0.0398. The number of carbonyl (C=O) groups is 2. The molecule has 0 atom stereocenters. The molecule has 1 aromatic rings. The van der Waals surface area contributed by atoms with Gasteiger partial charge in [0.25, 0.3) is 0 Å². The topological polar surface area (TPSA) is 49.4 Å². The molecule has 0 bridgehead atoms. The molecule has 4 heteroatoms. The first-order valence-electron chi connectivity index (χ1n) is 7.84. The van der Waals surface area contributed by atoms with Gasteiger partial charge in [0.2, 0.25) is 11.8 Å². The molecule has 0 unspecified atom stereocenters. The third-order valence-electron chi connectivity index (χ3n) is 4.74. The zero-order chi connectivity index (χ0) is 14.7. The summed E-state index contributed by atoms with van der Waals surface area (Å²) in [5.41, 5.74) is 0.698. The van der Waals surface area contributed by atoms with E-state index in [0.717, 1.165) is 37.7 Å². The van der Waals surface area contributed by atoms with Gasteiger partial charge in [-0.3, -0.25) is 9.59 Å².